The predicted molar refractivity (Wildman–Crippen MR) is 65.5 cm³/mol. The van der Waals surface area contributed by atoms with Gasteiger partial charge in [-0.2, -0.15) is 5.26 Å². The summed E-state index contributed by atoms with van der Waals surface area (Å²) in [7, 11) is 3.08. The molecule has 0 unspecified atom stereocenters. The van der Waals surface area contributed by atoms with Gasteiger partial charge in [-0.15, -0.1) is 0 Å². The third kappa shape index (κ3) is 2.23. The Morgan fingerprint density at radius 2 is 1.83 bits per heavy atom. The number of nitrogens with zero attached hydrogens (tertiary/aromatic N) is 1. The highest BCUT2D eigenvalue weighted by Gasteiger charge is 2.50. The van der Waals surface area contributed by atoms with Gasteiger partial charge in [0.1, 0.15) is 16.9 Å². The molecule has 0 radical (unpaired) electrons. The lowest BCUT2D eigenvalue weighted by Gasteiger charge is -2.11. The number of nitriles is 1. The second-order valence-electron chi connectivity index (χ2n) is 4.25. The van der Waals surface area contributed by atoms with Gasteiger partial charge in [0.15, 0.2) is 0 Å². The largest absolute Gasteiger partial charge is 0.497 e. The first-order valence-electron chi connectivity index (χ1n) is 5.59. The van der Waals surface area contributed by atoms with Crippen LogP contribution in [-0.4, -0.2) is 20.1 Å². The number of benzene rings is 1. The highest BCUT2D eigenvalue weighted by Crippen LogP contribution is 2.45. The van der Waals surface area contributed by atoms with Crippen LogP contribution in [0.2, 0.25) is 0 Å². The molecule has 5 nitrogen and oxygen atoms in total. The number of ether oxygens (including phenoxy) is 2. The number of nitrogens with one attached hydrogen (secondary N) is 1. The zero-order valence-corrected chi connectivity index (χ0v) is 10.3. The molecule has 94 valence electrons. The van der Waals surface area contributed by atoms with Crippen LogP contribution in [0.4, 0.5) is 5.69 Å². The van der Waals surface area contributed by atoms with E-state index in [9.17, 15) is 4.79 Å². The van der Waals surface area contributed by atoms with Crippen molar-refractivity contribution < 1.29 is 14.3 Å². The number of hydrogen-bond donors (Lipinski definition) is 1. The first kappa shape index (κ1) is 12.2. The van der Waals surface area contributed by atoms with Crippen molar-refractivity contribution >= 4 is 11.6 Å². The van der Waals surface area contributed by atoms with Gasteiger partial charge in [-0.25, -0.2) is 0 Å². The number of amides is 1. The van der Waals surface area contributed by atoms with Crippen LogP contribution in [-0.2, 0) is 4.79 Å². The molecule has 0 aromatic heterocycles. The molecule has 1 aliphatic carbocycles. The van der Waals surface area contributed by atoms with E-state index in [4.69, 9.17) is 14.7 Å². The summed E-state index contributed by atoms with van der Waals surface area (Å²) in [5, 5.41) is 11.7. The smallest absolute Gasteiger partial charge is 0.244 e. The highest BCUT2D eigenvalue weighted by molar-refractivity contribution is 5.99. The third-order valence-corrected chi connectivity index (χ3v) is 3.01. The average molecular weight is 246 g/mol. The van der Waals surface area contributed by atoms with Crippen molar-refractivity contribution in [1.82, 2.24) is 0 Å². The van der Waals surface area contributed by atoms with Crippen molar-refractivity contribution in [2.24, 2.45) is 5.41 Å². The Labute approximate surface area is 105 Å². The number of carbonyl (C=O) groups excluding carboxylic acids is 1. The molecule has 1 aromatic rings. The molecular weight excluding hydrogens is 232 g/mol. The summed E-state index contributed by atoms with van der Waals surface area (Å²) in [6.45, 7) is 0. The van der Waals surface area contributed by atoms with Crippen LogP contribution in [0.5, 0.6) is 11.5 Å². The fourth-order valence-electron chi connectivity index (χ4n) is 1.64. The minimum atomic E-state index is -0.837. The monoisotopic (exact) mass is 246 g/mol. The van der Waals surface area contributed by atoms with E-state index in [2.05, 4.69) is 11.4 Å². The highest BCUT2D eigenvalue weighted by atomic mass is 16.5. The van der Waals surface area contributed by atoms with E-state index >= 15 is 0 Å². The Balaban J connectivity index is 2.19. The molecule has 2 rings (SSSR count). The predicted octanol–water partition coefficient (Wildman–Crippen LogP) is 1.95. The van der Waals surface area contributed by atoms with Crippen molar-refractivity contribution in [2.75, 3.05) is 19.5 Å². The molecule has 18 heavy (non-hydrogen) atoms. The lowest BCUT2D eigenvalue weighted by molar-refractivity contribution is -0.119. The molecule has 1 aromatic carbocycles. The van der Waals surface area contributed by atoms with Crippen molar-refractivity contribution in [3.05, 3.63) is 18.2 Å². The minimum absolute atomic E-state index is 0.264. The summed E-state index contributed by atoms with van der Waals surface area (Å²) >= 11 is 0. The number of rotatable bonds is 4. The Bertz CT molecular complexity index is 493. The molecule has 1 fully saturated rings. The van der Waals surface area contributed by atoms with Crippen molar-refractivity contribution in [1.29, 1.82) is 5.26 Å². The Hall–Kier alpha value is -2.22. The maximum absolute atomic E-state index is 11.9. The van der Waals surface area contributed by atoms with E-state index in [1.54, 1.807) is 18.2 Å². The topological polar surface area (TPSA) is 71.3 Å². The van der Waals surface area contributed by atoms with E-state index in [1.165, 1.54) is 14.2 Å². The quantitative estimate of drug-likeness (QED) is 0.881. The average Bonchev–Trinajstić information content (AvgIpc) is 3.19. The molecule has 1 N–H and O–H groups in total. The molecule has 0 saturated heterocycles. The van der Waals surface area contributed by atoms with Crippen molar-refractivity contribution in [3.63, 3.8) is 0 Å². The van der Waals surface area contributed by atoms with Gasteiger partial charge < -0.3 is 14.8 Å². The summed E-state index contributed by atoms with van der Waals surface area (Å²) in [4.78, 5) is 11.9. The lowest BCUT2D eigenvalue weighted by Crippen LogP contribution is -2.22. The van der Waals surface area contributed by atoms with Crippen molar-refractivity contribution in [3.8, 4) is 17.6 Å². The van der Waals surface area contributed by atoms with E-state index in [1.807, 2.05) is 0 Å². The maximum atomic E-state index is 11.9. The van der Waals surface area contributed by atoms with Crippen LogP contribution in [0.3, 0.4) is 0 Å². The second-order valence-corrected chi connectivity index (χ2v) is 4.25. The Morgan fingerprint density at radius 3 is 2.22 bits per heavy atom. The molecule has 0 aliphatic heterocycles. The fraction of sp³-hybridized carbons (Fsp3) is 0.385. The van der Waals surface area contributed by atoms with E-state index in [0.29, 0.717) is 30.0 Å². The molecule has 0 spiro atoms. The summed E-state index contributed by atoms with van der Waals surface area (Å²) in [6.07, 6.45) is 1.24. The van der Waals surface area contributed by atoms with Gasteiger partial charge in [0, 0.05) is 23.9 Å². The van der Waals surface area contributed by atoms with Gasteiger partial charge in [0.05, 0.1) is 20.3 Å². The summed E-state index contributed by atoms with van der Waals surface area (Å²) in [5.41, 5.74) is -0.270. The van der Waals surface area contributed by atoms with Crippen LogP contribution >= 0.6 is 0 Å². The number of anilines is 1. The molecule has 0 bridgehead atoms. The molecule has 1 aliphatic rings. The van der Waals surface area contributed by atoms with Gasteiger partial charge in [0.2, 0.25) is 5.91 Å². The van der Waals surface area contributed by atoms with Crippen LogP contribution in [0.15, 0.2) is 18.2 Å². The van der Waals surface area contributed by atoms with E-state index in [0.717, 1.165) is 0 Å². The van der Waals surface area contributed by atoms with Gasteiger partial charge in [-0.1, -0.05) is 0 Å². The zero-order chi connectivity index (χ0) is 13.2. The Morgan fingerprint density at radius 1 is 1.28 bits per heavy atom. The first-order valence-corrected chi connectivity index (χ1v) is 5.59. The summed E-state index contributed by atoms with van der Waals surface area (Å²) < 4.78 is 10.2. The van der Waals surface area contributed by atoms with Crippen molar-refractivity contribution in [2.45, 2.75) is 12.8 Å². The molecule has 0 atom stereocenters. The molecule has 1 saturated carbocycles. The number of carbonyl (C=O) groups is 1. The molecule has 1 amide bonds. The van der Waals surface area contributed by atoms with Gasteiger partial charge in [-0.3, -0.25) is 4.79 Å². The number of methoxy groups -OCH3 is 2. The summed E-state index contributed by atoms with van der Waals surface area (Å²) in [6, 6.07) is 7.15. The van der Waals surface area contributed by atoms with Crippen LogP contribution in [0, 0.1) is 16.7 Å². The molecule has 0 heterocycles. The lowest BCUT2D eigenvalue weighted by atomic mass is 10.1. The van der Waals surface area contributed by atoms with Gasteiger partial charge in [-0.05, 0) is 12.8 Å². The first-order chi connectivity index (χ1) is 8.63. The Kier molecular flexibility index (Phi) is 3.11. The molecular formula is C13H14N2O3. The molecule has 5 heteroatoms. The summed E-state index contributed by atoms with van der Waals surface area (Å²) in [5.74, 6) is 0.915. The van der Waals surface area contributed by atoms with Crippen LogP contribution < -0.4 is 14.8 Å². The normalized spacial score (nSPS) is 15.4. The van der Waals surface area contributed by atoms with Gasteiger partial charge >= 0.3 is 0 Å². The SMILES string of the molecule is COc1cc(NC(=O)C2(C#N)CC2)cc(OC)c1. The van der Waals surface area contributed by atoms with Gasteiger partial charge in [0.25, 0.3) is 0 Å². The standard InChI is InChI=1S/C13H14N2O3/c1-17-10-5-9(6-11(7-10)18-2)15-12(16)13(8-14)3-4-13/h5-7H,3-4H2,1-2H3,(H,15,16). The fourth-order valence-corrected chi connectivity index (χ4v) is 1.64. The van der Waals surface area contributed by atoms with Crippen LogP contribution in [0.25, 0.3) is 0 Å². The second kappa shape index (κ2) is 4.57. The maximum Gasteiger partial charge on any atom is 0.244 e. The van der Waals surface area contributed by atoms with E-state index in [-0.39, 0.29) is 5.91 Å². The third-order valence-electron chi connectivity index (χ3n) is 3.01. The van der Waals surface area contributed by atoms with E-state index < -0.39 is 5.41 Å². The minimum Gasteiger partial charge on any atom is -0.497 e. The number of hydrogen-bond acceptors (Lipinski definition) is 4. The zero-order valence-electron chi connectivity index (χ0n) is 10.3. The van der Waals surface area contributed by atoms with Crippen LogP contribution in [0.1, 0.15) is 12.8 Å².